The summed E-state index contributed by atoms with van der Waals surface area (Å²) in [7, 11) is 0. The quantitative estimate of drug-likeness (QED) is 0.471. The second kappa shape index (κ2) is 2.68. The smallest absolute Gasteiger partial charge is 0.106 e. The lowest BCUT2D eigenvalue weighted by Crippen LogP contribution is -2.20. The van der Waals surface area contributed by atoms with Crippen molar-refractivity contribution in [2.24, 2.45) is 5.92 Å². The highest BCUT2D eigenvalue weighted by molar-refractivity contribution is 4.97. The maximum atomic E-state index is 12.8. The summed E-state index contributed by atoms with van der Waals surface area (Å²) in [5.74, 6) is 1.65. The van der Waals surface area contributed by atoms with Crippen LogP contribution in [0.4, 0.5) is 4.39 Å². The fraction of sp³-hybridized carbons (Fsp3) is 0.875. The molecule has 0 heterocycles. The molecule has 0 N–H and O–H groups in total. The first-order valence-corrected chi connectivity index (χ1v) is 3.66. The predicted octanol–water partition coefficient (Wildman–Crippen LogP) is 2.74. The molecule has 0 nitrogen and oxygen atoms in total. The average Bonchev–Trinajstić information content (AvgIpc) is 1.80. The van der Waals surface area contributed by atoms with Gasteiger partial charge in [0.05, 0.1) is 0 Å². The normalized spacial score (nSPS) is 39.0. The number of alkyl halides is 1. The molecular weight excluding hydrogens is 115 g/mol. The van der Waals surface area contributed by atoms with E-state index in [1.54, 1.807) is 0 Å². The molecule has 1 heteroatoms. The summed E-state index contributed by atoms with van der Waals surface area (Å²) >= 11 is 0. The van der Waals surface area contributed by atoms with Gasteiger partial charge in [-0.3, -0.25) is 0 Å². The van der Waals surface area contributed by atoms with E-state index in [9.17, 15) is 4.39 Å². The zero-order chi connectivity index (χ0) is 6.85. The summed E-state index contributed by atoms with van der Waals surface area (Å²) in [6.07, 6.45) is 2.34. The summed E-state index contributed by atoms with van der Waals surface area (Å²) < 4.78 is 12.8. The fourth-order valence-electron chi connectivity index (χ4n) is 1.30. The maximum Gasteiger partial charge on any atom is 0.106 e. The van der Waals surface area contributed by atoms with Crippen LogP contribution >= 0.6 is 0 Å². The Bertz CT molecular complexity index is 90.6. The number of rotatable bonds is 0. The zero-order valence-electron chi connectivity index (χ0n) is 6.15. The molecule has 1 aliphatic carbocycles. The largest absolute Gasteiger partial charge is 0.247 e. The fourth-order valence-corrected chi connectivity index (χ4v) is 1.30. The van der Waals surface area contributed by atoms with E-state index in [1.165, 1.54) is 6.42 Å². The van der Waals surface area contributed by atoms with Crippen molar-refractivity contribution in [1.29, 1.82) is 0 Å². The molecule has 0 aromatic carbocycles. The number of halogens is 1. The van der Waals surface area contributed by atoms with E-state index >= 15 is 0 Å². The van der Waals surface area contributed by atoms with Gasteiger partial charge in [-0.15, -0.1) is 0 Å². The Labute approximate surface area is 56.5 Å². The number of hydrogen-bond acceptors (Lipinski definition) is 0. The minimum absolute atomic E-state index is 0.601. The van der Waals surface area contributed by atoms with E-state index in [0.29, 0.717) is 5.92 Å². The standard InChI is InChI=1S/C8H14F/c1-6-3-4-7(2)8(9)5-6/h6,8H,3-5H2,1-2H3. The Morgan fingerprint density at radius 3 is 2.67 bits per heavy atom. The second-order valence-corrected chi connectivity index (χ2v) is 3.19. The molecule has 0 amide bonds. The molecule has 0 aromatic heterocycles. The van der Waals surface area contributed by atoms with E-state index < -0.39 is 6.17 Å². The molecule has 1 rings (SSSR count). The van der Waals surface area contributed by atoms with Crippen LogP contribution in [-0.2, 0) is 0 Å². The van der Waals surface area contributed by atoms with Crippen LogP contribution in [0, 0.1) is 11.8 Å². The van der Waals surface area contributed by atoms with Crippen molar-refractivity contribution >= 4 is 0 Å². The van der Waals surface area contributed by atoms with Crippen LogP contribution in [0.1, 0.15) is 33.1 Å². The molecule has 53 valence electrons. The van der Waals surface area contributed by atoms with Crippen molar-refractivity contribution in [3.63, 3.8) is 0 Å². The van der Waals surface area contributed by atoms with E-state index in [0.717, 1.165) is 18.8 Å². The van der Waals surface area contributed by atoms with E-state index in [1.807, 2.05) is 6.92 Å². The lowest BCUT2D eigenvalue weighted by atomic mass is 9.83. The summed E-state index contributed by atoms with van der Waals surface area (Å²) in [5, 5.41) is 0. The summed E-state index contributed by atoms with van der Waals surface area (Å²) in [6.45, 7) is 4.05. The third-order valence-electron chi connectivity index (χ3n) is 2.18. The monoisotopic (exact) mass is 129 g/mol. The van der Waals surface area contributed by atoms with Gasteiger partial charge >= 0.3 is 0 Å². The minimum atomic E-state index is -0.603. The third kappa shape index (κ3) is 1.67. The Hall–Kier alpha value is -0.0700. The van der Waals surface area contributed by atoms with Gasteiger partial charge < -0.3 is 0 Å². The molecular formula is C8H14F. The topological polar surface area (TPSA) is 0 Å². The Morgan fingerprint density at radius 2 is 2.22 bits per heavy atom. The van der Waals surface area contributed by atoms with Crippen molar-refractivity contribution in [3.05, 3.63) is 5.92 Å². The molecule has 2 unspecified atom stereocenters. The van der Waals surface area contributed by atoms with E-state index in [2.05, 4.69) is 6.92 Å². The highest BCUT2D eigenvalue weighted by Crippen LogP contribution is 2.31. The average molecular weight is 129 g/mol. The molecule has 1 fully saturated rings. The lowest BCUT2D eigenvalue weighted by Gasteiger charge is -2.26. The maximum absolute atomic E-state index is 12.8. The van der Waals surface area contributed by atoms with Crippen LogP contribution in [0.5, 0.6) is 0 Å². The minimum Gasteiger partial charge on any atom is -0.247 e. The molecule has 9 heavy (non-hydrogen) atoms. The van der Waals surface area contributed by atoms with Crippen molar-refractivity contribution in [2.75, 3.05) is 0 Å². The highest BCUT2D eigenvalue weighted by Gasteiger charge is 2.24. The Kier molecular flexibility index (Phi) is 2.09. The zero-order valence-corrected chi connectivity index (χ0v) is 6.15. The third-order valence-corrected chi connectivity index (χ3v) is 2.18. The van der Waals surface area contributed by atoms with Crippen molar-refractivity contribution < 1.29 is 4.39 Å². The Morgan fingerprint density at radius 1 is 1.56 bits per heavy atom. The highest BCUT2D eigenvalue weighted by atomic mass is 19.1. The molecule has 2 atom stereocenters. The summed E-state index contributed by atoms with van der Waals surface area (Å²) in [5.41, 5.74) is 0. The van der Waals surface area contributed by atoms with Gasteiger partial charge in [-0.1, -0.05) is 13.8 Å². The van der Waals surface area contributed by atoms with Gasteiger partial charge in [0.1, 0.15) is 6.17 Å². The van der Waals surface area contributed by atoms with Crippen LogP contribution in [0.3, 0.4) is 0 Å². The number of hydrogen-bond donors (Lipinski definition) is 0. The van der Waals surface area contributed by atoms with E-state index in [-0.39, 0.29) is 0 Å². The summed E-state index contributed by atoms with van der Waals surface area (Å²) in [4.78, 5) is 0. The van der Waals surface area contributed by atoms with E-state index in [4.69, 9.17) is 0 Å². The SMILES string of the molecule is C[C]1CCC(C)CC1F. The predicted molar refractivity (Wildman–Crippen MR) is 36.8 cm³/mol. The molecule has 1 radical (unpaired) electrons. The van der Waals surface area contributed by atoms with Crippen molar-refractivity contribution in [2.45, 2.75) is 39.3 Å². The van der Waals surface area contributed by atoms with Gasteiger partial charge in [-0.25, -0.2) is 4.39 Å². The van der Waals surface area contributed by atoms with Crippen LogP contribution in [0.15, 0.2) is 0 Å². The van der Waals surface area contributed by atoms with Crippen molar-refractivity contribution in [3.8, 4) is 0 Å². The lowest BCUT2D eigenvalue weighted by molar-refractivity contribution is 0.234. The summed E-state index contributed by atoms with van der Waals surface area (Å²) in [6, 6.07) is 0. The Balaban J connectivity index is 2.35. The molecule has 0 aliphatic heterocycles. The van der Waals surface area contributed by atoms with Gasteiger partial charge in [-0.05, 0) is 25.2 Å². The first kappa shape index (κ1) is 7.04. The molecule has 0 spiro atoms. The second-order valence-electron chi connectivity index (χ2n) is 3.19. The van der Waals surface area contributed by atoms with Crippen LogP contribution < -0.4 is 0 Å². The van der Waals surface area contributed by atoms with Gasteiger partial charge in [0, 0.05) is 5.92 Å². The van der Waals surface area contributed by atoms with Crippen LogP contribution in [0.2, 0.25) is 0 Å². The van der Waals surface area contributed by atoms with Gasteiger partial charge in [-0.2, -0.15) is 0 Å². The molecule has 0 saturated heterocycles. The van der Waals surface area contributed by atoms with Gasteiger partial charge in [0.25, 0.3) is 0 Å². The molecule has 0 bridgehead atoms. The molecule has 0 aromatic rings. The first-order chi connectivity index (χ1) is 4.20. The van der Waals surface area contributed by atoms with Crippen molar-refractivity contribution in [1.82, 2.24) is 0 Å². The van der Waals surface area contributed by atoms with Gasteiger partial charge in [0.15, 0.2) is 0 Å². The van der Waals surface area contributed by atoms with Crippen LogP contribution in [0.25, 0.3) is 0 Å². The van der Waals surface area contributed by atoms with Gasteiger partial charge in [0.2, 0.25) is 0 Å². The molecule has 1 saturated carbocycles. The first-order valence-electron chi connectivity index (χ1n) is 3.66. The van der Waals surface area contributed by atoms with Crippen LogP contribution in [-0.4, -0.2) is 6.17 Å². The molecule has 1 aliphatic rings.